The number of aromatic hydroxyl groups is 1. The van der Waals surface area contributed by atoms with Gasteiger partial charge in [-0.2, -0.15) is 0 Å². The molecule has 80 valence electrons. The third kappa shape index (κ3) is 1.23. The molecule has 1 aromatic carbocycles. The molecule has 1 saturated carbocycles. The van der Waals surface area contributed by atoms with E-state index >= 15 is 0 Å². The second-order valence-corrected chi connectivity index (χ2v) is 4.65. The quantitative estimate of drug-likeness (QED) is 0.820. The van der Waals surface area contributed by atoms with Gasteiger partial charge in [-0.25, -0.2) is 0 Å². The molecule has 1 aromatic rings. The fourth-order valence-corrected chi connectivity index (χ4v) is 2.26. The lowest BCUT2D eigenvalue weighted by Gasteiger charge is -2.13. The van der Waals surface area contributed by atoms with Gasteiger partial charge in [-0.05, 0) is 34.8 Å². The van der Waals surface area contributed by atoms with Gasteiger partial charge in [0.1, 0.15) is 10.2 Å². The number of phenols is 1. The van der Waals surface area contributed by atoms with Gasteiger partial charge in [-0.1, -0.05) is 0 Å². The summed E-state index contributed by atoms with van der Waals surface area (Å²) in [5, 5.41) is 19.9. The molecule has 1 fully saturated rings. The molecule has 0 radical (unpaired) electrons. The summed E-state index contributed by atoms with van der Waals surface area (Å²) in [6.07, 6.45) is 1.35. The largest absolute Gasteiger partial charge is 0.506 e. The van der Waals surface area contributed by atoms with Crippen LogP contribution < -0.4 is 9.47 Å². The third-order valence-electron chi connectivity index (χ3n) is 2.80. The third-order valence-corrected chi connectivity index (χ3v) is 3.54. The minimum absolute atomic E-state index is 0.0410. The summed E-state index contributed by atoms with van der Waals surface area (Å²) < 4.78 is 10.9. The molecule has 2 aliphatic rings. The number of ether oxygens (including phenoxy) is 2. The highest BCUT2D eigenvalue weighted by atomic mass is 79.9. The summed E-state index contributed by atoms with van der Waals surface area (Å²) in [7, 11) is 0. The van der Waals surface area contributed by atoms with Crippen LogP contribution in [0.1, 0.15) is 18.4 Å². The van der Waals surface area contributed by atoms with Crippen molar-refractivity contribution < 1.29 is 19.7 Å². The summed E-state index contributed by atoms with van der Waals surface area (Å²) in [5.74, 6) is 1.11. The van der Waals surface area contributed by atoms with Gasteiger partial charge >= 0.3 is 0 Å². The van der Waals surface area contributed by atoms with Crippen LogP contribution in [0.25, 0.3) is 0 Å². The van der Waals surface area contributed by atoms with E-state index in [4.69, 9.17) is 9.47 Å². The van der Waals surface area contributed by atoms with Crippen molar-refractivity contribution >= 4 is 15.9 Å². The van der Waals surface area contributed by atoms with E-state index in [-0.39, 0.29) is 12.5 Å². The van der Waals surface area contributed by atoms with Gasteiger partial charge in [0.25, 0.3) is 0 Å². The van der Waals surface area contributed by atoms with Crippen LogP contribution in [0.5, 0.6) is 17.2 Å². The van der Waals surface area contributed by atoms with Crippen LogP contribution >= 0.6 is 15.9 Å². The zero-order valence-corrected chi connectivity index (χ0v) is 9.37. The fourth-order valence-electron chi connectivity index (χ4n) is 1.73. The summed E-state index contributed by atoms with van der Waals surface area (Å²) >= 11 is 3.24. The summed E-state index contributed by atoms with van der Waals surface area (Å²) in [6, 6.07) is 1.65. The van der Waals surface area contributed by atoms with Crippen LogP contribution in [0.15, 0.2) is 10.5 Å². The molecule has 0 amide bonds. The molecule has 1 aliphatic carbocycles. The van der Waals surface area contributed by atoms with Crippen molar-refractivity contribution in [3.63, 3.8) is 0 Å². The lowest BCUT2D eigenvalue weighted by atomic mass is 10.1. The molecular weight excluding hydrogens is 264 g/mol. The Kier molecular flexibility index (Phi) is 1.73. The van der Waals surface area contributed by atoms with E-state index < -0.39 is 5.60 Å². The van der Waals surface area contributed by atoms with E-state index in [0.717, 1.165) is 0 Å². The normalized spacial score (nSPS) is 20.4. The van der Waals surface area contributed by atoms with Crippen LogP contribution in [-0.2, 0) is 5.60 Å². The van der Waals surface area contributed by atoms with Gasteiger partial charge in [-0.15, -0.1) is 0 Å². The second-order valence-electron chi connectivity index (χ2n) is 3.85. The molecule has 4 nitrogen and oxygen atoms in total. The van der Waals surface area contributed by atoms with Crippen molar-refractivity contribution in [1.29, 1.82) is 0 Å². The van der Waals surface area contributed by atoms with E-state index in [1.807, 2.05) is 0 Å². The van der Waals surface area contributed by atoms with E-state index in [0.29, 0.717) is 34.4 Å². The van der Waals surface area contributed by atoms with Crippen molar-refractivity contribution in [2.45, 2.75) is 18.4 Å². The highest BCUT2D eigenvalue weighted by molar-refractivity contribution is 9.10. The lowest BCUT2D eigenvalue weighted by Crippen LogP contribution is -2.04. The molecule has 3 rings (SSSR count). The number of fused-ring (bicyclic) bond motifs is 1. The number of benzene rings is 1. The van der Waals surface area contributed by atoms with Crippen molar-refractivity contribution in [2.75, 3.05) is 6.79 Å². The fraction of sp³-hybridized carbons (Fsp3) is 0.400. The highest BCUT2D eigenvalue weighted by Crippen LogP contribution is 2.55. The van der Waals surface area contributed by atoms with Crippen LogP contribution in [0, 0.1) is 0 Å². The Labute approximate surface area is 94.6 Å². The smallest absolute Gasteiger partial charge is 0.231 e. The number of halogens is 1. The maximum Gasteiger partial charge on any atom is 0.231 e. The van der Waals surface area contributed by atoms with Gasteiger partial charge in [-0.3, -0.25) is 0 Å². The van der Waals surface area contributed by atoms with Gasteiger partial charge in [0.05, 0.1) is 5.60 Å². The Bertz CT molecular complexity index is 440. The monoisotopic (exact) mass is 272 g/mol. The maximum atomic E-state index is 9.96. The molecule has 0 unspecified atom stereocenters. The molecular formula is C10H9BrO4. The summed E-state index contributed by atoms with van der Waals surface area (Å²) in [4.78, 5) is 0. The first kappa shape index (κ1) is 9.30. The Morgan fingerprint density at radius 2 is 2.07 bits per heavy atom. The Morgan fingerprint density at radius 3 is 2.73 bits per heavy atom. The highest BCUT2D eigenvalue weighted by Gasteiger charge is 2.45. The Morgan fingerprint density at radius 1 is 1.33 bits per heavy atom. The van der Waals surface area contributed by atoms with Crippen LogP contribution in [-0.4, -0.2) is 17.0 Å². The number of phenolic OH excluding ortho intramolecular Hbond substituents is 1. The number of aliphatic hydroxyl groups is 1. The predicted molar refractivity (Wildman–Crippen MR) is 55.1 cm³/mol. The van der Waals surface area contributed by atoms with E-state index in [1.165, 1.54) is 0 Å². The molecule has 2 N–H and O–H groups in total. The van der Waals surface area contributed by atoms with Crippen molar-refractivity contribution in [3.8, 4) is 17.2 Å². The minimum Gasteiger partial charge on any atom is -0.506 e. The molecule has 15 heavy (non-hydrogen) atoms. The molecule has 1 aliphatic heterocycles. The van der Waals surface area contributed by atoms with Crippen molar-refractivity contribution in [1.82, 2.24) is 0 Å². The van der Waals surface area contributed by atoms with E-state index in [9.17, 15) is 10.2 Å². The number of hydrogen-bond acceptors (Lipinski definition) is 4. The maximum absolute atomic E-state index is 9.96. The average Bonchev–Trinajstić information content (AvgIpc) is 2.80. The van der Waals surface area contributed by atoms with E-state index in [1.54, 1.807) is 6.07 Å². The van der Waals surface area contributed by atoms with Gasteiger partial charge in [0.15, 0.2) is 11.5 Å². The number of rotatable bonds is 1. The van der Waals surface area contributed by atoms with Gasteiger partial charge < -0.3 is 19.7 Å². The van der Waals surface area contributed by atoms with Gasteiger partial charge in [0.2, 0.25) is 6.79 Å². The first-order valence-electron chi connectivity index (χ1n) is 4.66. The first-order valence-corrected chi connectivity index (χ1v) is 5.45. The molecule has 0 atom stereocenters. The predicted octanol–water partition coefficient (Wildman–Crippen LogP) is 1.86. The summed E-state index contributed by atoms with van der Waals surface area (Å²) in [6.45, 7) is 0.148. The van der Waals surface area contributed by atoms with Gasteiger partial charge in [0, 0.05) is 5.56 Å². The Hall–Kier alpha value is -0.940. The topological polar surface area (TPSA) is 58.9 Å². The summed E-state index contributed by atoms with van der Waals surface area (Å²) in [5.41, 5.74) is -0.369. The zero-order valence-electron chi connectivity index (χ0n) is 7.79. The zero-order chi connectivity index (χ0) is 10.6. The van der Waals surface area contributed by atoms with Crippen molar-refractivity contribution in [3.05, 3.63) is 16.1 Å². The first-order chi connectivity index (χ1) is 7.12. The minimum atomic E-state index is -0.881. The van der Waals surface area contributed by atoms with Crippen LogP contribution in [0.2, 0.25) is 0 Å². The van der Waals surface area contributed by atoms with Crippen LogP contribution in [0.4, 0.5) is 0 Å². The number of hydrogen-bond donors (Lipinski definition) is 2. The standard InChI is InChI=1S/C10H9BrO4/c11-7-8(12)5(10(13)1-2-10)3-6-9(7)15-4-14-6/h3,12-13H,1-2,4H2. The second kappa shape index (κ2) is 2.80. The SMILES string of the molecule is Oc1c(C2(O)CC2)cc2c(c1Br)OCO2. The molecule has 0 bridgehead atoms. The molecule has 5 heteroatoms. The van der Waals surface area contributed by atoms with Crippen LogP contribution in [0.3, 0.4) is 0 Å². The molecule has 0 aromatic heterocycles. The molecule has 0 saturated heterocycles. The Balaban J connectivity index is 2.20. The average molecular weight is 273 g/mol. The lowest BCUT2D eigenvalue weighted by molar-refractivity contribution is 0.147. The molecule has 0 spiro atoms. The van der Waals surface area contributed by atoms with Crippen molar-refractivity contribution in [2.24, 2.45) is 0 Å². The molecule has 1 heterocycles. The van der Waals surface area contributed by atoms with E-state index in [2.05, 4.69) is 15.9 Å².